The van der Waals surface area contributed by atoms with E-state index in [1.54, 1.807) is 5.56 Å². The zero-order chi connectivity index (χ0) is 23.8. The molecule has 0 amide bonds. The Morgan fingerprint density at radius 1 is 0.914 bits per heavy atom. The Hall–Kier alpha value is -1.14. The first kappa shape index (κ1) is 24.2. The van der Waals surface area contributed by atoms with Gasteiger partial charge in [-0.05, 0) is 111 Å². The molecule has 8 atom stereocenters. The molecule has 0 aromatic heterocycles. The van der Waals surface area contributed by atoms with Crippen LogP contribution in [-0.4, -0.2) is 45.6 Å². The maximum atomic E-state index is 6.66. The molecular weight excluding hydrogens is 440 g/mol. The molecule has 5 heteroatoms. The summed E-state index contributed by atoms with van der Waals surface area (Å²) in [6.07, 6.45) is 13.2. The number of ether oxygens (including phenoxy) is 5. The van der Waals surface area contributed by atoms with Gasteiger partial charge in [-0.15, -0.1) is 0 Å². The van der Waals surface area contributed by atoms with Crippen molar-refractivity contribution in [3.63, 3.8) is 0 Å². The smallest absolute Gasteiger partial charge is 0.199 e. The molecule has 1 aromatic carbocycles. The van der Waals surface area contributed by atoms with Gasteiger partial charge in [0.1, 0.15) is 5.75 Å². The van der Waals surface area contributed by atoms with E-state index in [-0.39, 0.29) is 18.0 Å². The molecule has 194 valence electrons. The standard InChI is InChI=1S/C30H44O5/c1-30-14-13-23-22-10-9-21(34-28-7-3-5-15-32-28)18-24(22)20(19-31-2)17-25(23)26(30)11-12-27(30)35-29-8-4-6-16-33-29/h9-10,18,20,23,25-29H,3-8,11-17,19H2,1-2H3/t20-,23?,25?,26?,27?,28?,29?,30-/m0/s1. The van der Waals surface area contributed by atoms with Crippen LogP contribution in [0.5, 0.6) is 5.75 Å². The second kappa shape index (κ2) is 10.3. The predicted octanol–water partition coefficient (Wildman–Crippen LogP) is 6.55. The molecular formula is C30H44O5. The molecule has 5 nitrogen and oxygen atoms in total. The van der Waals surface area contributed by atoms with Crippen molar-refractivity contribution in [3.8, 4) is 5.75 Å². The van der Waals surface area contributed by atoms with Crippen LogP contribution in [0.2, 0.25) is 0 Å². The molecule has 2 aliphatic heterocycles. The fraction of sp³-hybridized carbons (Fsp3) is 0.800. The lowest BCUT2D eigenvalue weighted by atomic mass is 9.54. The average molecular weight is 485 g/mol. The summed E-state index contributed by atoms with van der Waals surface area (Å²) in [5.74, 6) is 3.44. The van der Waals surface area contributed by atoms with Gasteiger partial charge in [0.05, 0.1) is 19.3 Å². The maximum Gasteiger partial charge on any atom is 0.199 e. The van der Waals surface area contributed by atoms with Crippen LogP contribution in [0.25, 0.3) is 0 Å². The fourth-order valence-electron chi connectivity index (χ4n) is 8.27. The minimum atomic E-state index is -0.0991. The quantitative estimate of drug-likeness (QED) is 0.458. The number of methoxy groups -OCH3 is 1. The summed E-state index contributed by atoms with van der Waals surface area (Å²) in [6.45, 7) is 4.97. The van der Waals surface area contributed by atoms with Crippen molar-refractivity contribution >= 4 is 0 Å². The summed E-state index contributed by atoms with van der Waals surface area (Å²) in [5.41, 5.74) is 3.26. The Balaban J connectivity index is 1.22. The second-order valence-corrected chi connectivity index (χ2v) is 12.0. The van der Waals surface area contributed by atoms with Gasteiger partial charge in [0.15, 0.2) is 12.6 Å². The third-order valence-corrected chi connectivity index (χ3v) is 10.0. The van der Waals surface area contributed by atoms with Crippen LogP contribution in [0.1, 0.15) is 101 Å². The maximum absolute atomic E-state index is 6.66. The first-order valence-electron chi connectivity index (χ1n) is 14.3. The largest absolute Gasteiger partial charge is 0.465 e. The molecule has 2 saturated heterocycles. The van der Waals surface area contributed by atoms with Crippen molar-refractivity contribution in [1.29, 1.82) is 0 Å². The summed E-state index contributed by atoms with van der Waals surface area (Å²) in [7, 11) is 1.84. The number of hydrogen-bond acceptors (Lipinski definition) is 5. The minimum Gasteiger partial charge on any atom is -0.465 e. The number of fused-ring (bicyclic) bond motifs is 5. The highest BCUT2D eigenvalue weighted by Gasteiger charge is 2.56. The highest BCUT2D eigenvalue weighted by molar-refractivity contribution is 5.43. The van der Waals surface area contributed by atoms with Gasteiger partial charge in [-0.2, -0.15) is 0 Å². The lowest BCUT2D eigenvalue weighted by molar-refractivity contribution is -0.213. The molecule has 0 bridgehead atoms. The summed E-state index contributed by atoms with van der Waals surface area (Å²) in [6, 6.07) is 6.87. The Morgan fingerprint density at radius 3 is 2.46 bits per heavy atom. The number of benzene rings is 1. The molecule has 6 unspecified atom stereocenters. The zero-order valence-electron chi connectivity index (χ0n) is 21.7. The van der Waals surface area contributed by atoms with E-state index in [9.17, 15) is 0 Å². The molecule has 5 aliphatic rings. The minimum absolute atomic E-state index is 0.0157. The number of rotatable bonds is 6. The highest BCUT2D eigenvalue weighted by Crippen LogP contribution is 2.63. The number of hydrogen-bond donors (Lipinski definition) is 0. The van der Waals surface area contributed by atoms with Gasteiger partial charge in [-0.1, -0.05) is 13.0 Å². The molecule has 4 fully saturated rings. The average Bonchev–Trinajstić information content (AvgIpc) is 3.22. The van der Waals surface area contributed by atoms with Crippen molar-refractivity contribution in [2.24, 2.45) is 17.3 Å². The van der Waals surface area contributed by atoms with Gasteiger partial charge >= 0.3 is 0 Å². The van der Waals surface area contributed by atoms with Gasteiger partial charge in [-0.25, -0.2) is 0 Å². The molecule has 0 spiro atoms. The molecule has 2 heterocycles. The Bertz CT molecular complexity index is 860. The van der Waals surface area contributed by atoms with E-state index in [1.807, 2.05) is 7.11 Å². The first-order valence-corrected chi connectivity index (χ1v) is 14.3. The zero-order valence-corrected chi connectivity index (χ0v) is 21.7. The van der Waals surface area contributed by atoms with Crippen molar-refractivity contribution < 1.29 is 23.7 Å². The topological polar surface area (TPSA) is 46.2 Å². The van der Waals surface area contributed by atoms with Crippen molar-refractivity contribution in [1.82, 2.24) is 0 Å². The van der Waals surface area contributed by atoms with Crippen LogP contribution in [0.4, 0.5) is 0 Å². The van der Waals surface area contributed by atoms with E-state index >= 15 is 0 Å². The van der Waals surface area contributed by atoms with Crippen LogP contribution >= 0.6 is 0 Å². The third-order valence-electron chi connectivity index (χ3n) is 10.0. The van der Waals surface area contributed by atoms with Crippen LogP contribution in [0, 0.1) is 17.3 Å². The van der Waals surface area contributed by atoms with Gasteiger partial charge in [0.2, 0.25) is 0 Å². The van der Waals surface area contributed by atoms with Gasteiger partial charge in [-0.3, -0.25) is 0 Å². The van der Waals surface area contributed by atoms with Crippen molar-refractivity contribution in [3.05, 3.63) is 29.3 Å². The summed E-state index contributed by atoms with van der Waals surface area (Å²) >= 11 is 0. The van der Waals surface area contributed by atoms with Crippen molar-refractivity contribution in [2.45, 2.75) is 108 Å². The van der Waals surface area contributed by atoms with Crippen LogP contribution in [-0.2, 0) is 18.9 Å². The Kier molecular flexibility index (Phi) is 7.14. The third kappa shape index (κ3) is 4.67. The predicted molar refractivity (Wildman–Crippen MR) is 135 cm³/mol. The SMILES string of the molecule is COC[C@@H]1CC2C(CC[C@]3(C)C(OC4CCCCO4)CCC23)c2ccc(OC3CCCCO3)cc21. The summed E-state index contributed by atoms with van der Waals surface area (Å²) < 4.78 is 30.5. The molecule has 0 radical (unpaired) electrons. The van der Waals surface area contributed by atoms with E-state index < -0.39 is 0 Å². The van der Waals surface area contributed by atoms with E-state index in [2.05, 4.69) is 25.1 Å². The summed E-state index contributed by atoms with van der Waals surface area (Å²) in [4.78, 5) is 0. The molecule has 3 aliphatic carbocycles. The molecule has 0 N–H and O–H groups in total. The van der Waals surface area contributed by atoms with E-state index in [1.165, 1.54) is 56.9 Å². The lowest BCUT2D eigenvalue weighted by Crippen LogP contribution is -2.46. The van der Waals surface area contributed by atoms with Crippen molar-refractivity contribution in [2.75, 3.05) is 26.9 Å². The van der Waals surface area contributed by atoms with E-state index in [0.717, 1.165) is 44.8 Å². The fourth-order valence-corrected chi connectivity index (χ4v) is 8.27. The van der Waals surface area contributed by atoms with E-state index in [4.69, 9.17) is 23.7 Å². The lowest BCUT2D eigenvalue weighted by Gasteiger charge is -2.52. The first-order chi connectivity index (χ1) is 17.2. The van der Waals surface area contributed by atoms with Gasteiger partial charge in [0.25, 0.3) is 0 Å². The normalized spacial score (nSPS) is 41.0. The van der Waals surface area contributed by atoms with E-state index in [0.29, 0.717) is 29.8 Å². The van der Waals surface area contributed by atoms with Gasteiger partial charge < -0.3 is 23.7 Å². The Morgan fingerprint density at radius 2 is 1.71 bits per heavy atom. The monoisotopic (exact) mass is 484 g/mol. The Labute approximate surface area is 211 Å². The molecule has 6 rings (SSSR count). The van der Waals surface area contributed by atoms with Crippen LogP contribution < -0.4 is 4.74 Å². The molecule has 2 saturated carbocycles. The summed E-state index contributed by atoms with van der Waals surface area (Å²) in [5, 5.41) is 0. The second-order valence-electron chi connectivity index (χ2n) is 12.0. The highest BCUT2D eigenvalue weighted by atomic mass is 16.7. The molecule has 35 heavy (non-hydrogen) atoms. The van der Waals surface area contributed by atoms with Crippen LogP contribution in [0.3, 0.4) is 0 Å². The van der Waals surface area contributed by atoms with Crippen LogP contribution in [0.15, 0.2) is 18.2 Å². The van der Waals surface area contributed by atoms with Gasteiger partial charge in [0, 0.05) is 26.1 Å². The molecule has 1 aromatic rings.